The van der Waals surface area contributed by atoms with E-state index in [0.29, 0.717) is 12.1 Å². The molecule has 5 nitrogen and oxygen atoms in total. The number of anilines is 1. The minimum absolute atomic E-state index is 0. The molecule has 1 N–H and O–H groups in total. The number of rotatable bonds is 7. The second-order valence-electron chi connectivity index (χ2n) is 6.84. The molecule has 0 aliphatic rings. The van der Waals surface area contributed by atoms with Crippen molar-refractivity contribution in [2.45, 2.75) is 13.8 Å². The van der Waals surface area contributed by atoms with Gasteiger partial charge < -0.3 is 9.88 Å². The largest absolute Gasteiger partial charge is 0.360 e. The predicted octanol–water partition coefficient (Wildman–Crippen LogP) is 5.95. The first-order chi connectivity index (χ1) is 14.1. The maximum absolute atomic E-state index is 13.6. The molecule has 0 saturated carbocycles. The van der Waals surface area contributed by atoms with Crippen molar-refractivity contribution in [3.8, 4) is 0 Å². The van der Waals surface area contributed by atoms with E-state index >= 15 is 0 Å². The van der Waals surface area contributed by atoms with Gasteiger partial charge in [0.15, 0.2) is 5.13 Å². The predicted molar refractivity (Wildman–Crippen MR) is 132 cm³/mol. The van der Waals surface area contributed by atoms with Gasteiger partial charge in [0.25, 0.3) is 5.91 Å². The Hall–Kier alpha value is -1.93. The fourth-order valence-electron chi connectivity index (χ4n) is 3.46. The van der Waals surface area contributed by atoms with E-state index in [1.54, 1.807) is 17.5 Å². The molecule has 30 heavy (non-hydrogen) atoms. The number of halogens is 2. The normalized spacial score (nSPS) is 11.2. The first-order valence-electron chi connectivity index (χ1n) is 9.77. The van der Waals surface area contributed by atoms with Gasteiger partial charge in [-0.2, -0.15) is 0 Å². The molecule has 4 aromatic rings. The molecule has 0 radical (unpaired) electrons. The molecule has 2 aromatic heterocycles. The SMILES string of the molecule is CCN(CC)CCN(C(=O)c1c[nH]c2ccccc12)c1nc2ccc(Br)cc2s1.Cl. The van der Waals surface area contributed by atoms with Crippen LogP contribution in [0, 0.1) is 0 Å². The van der Waals surface area contributed by atoms with Gasteiger partial charge >= 0.3 is 0 Å². The molecular weight excluding hydrogens is 484 g/mol. The van der Waals surface area contributed by atoms with E-state index in [1.807, 2.05) is 41.3 Å². The highest BCUT2D eigenvalue weighted by Gasteiger charge is 2.24. The zero-order valence-electron chi connectivity index (χ0n) is 16.9. The first kappa shape index (κ1) is 22.7. The molecule has 8 heteroatoms. The van der Waals surface area contributed by atoms with Gasteiger partial charge in [-0.05, 0) is 37.4 Å². The Bertz CT molecular complexity index is 1150. The maximum Gasteiger partial charge on any atom is 0.262 e. The smallest absolute Gasteiger partial charge is 0.262 e. The third-order valence-corrected chi connectivity index (χ3v) is 6.70. The van der Waals surface area contributed by atoms with Gasteiger partial charge in [-0.25, -0.2) is 4.98 Å². The third kappa shape index (κ3) is 4.54. The van der Waals surface area contributed by atoms with Gasteiger partial charge in [0.05, 0.1) is 15.8 Å². The summed E-state index contributed by atoms with van der Waals surface area (Å²) >= 11 is 5.07. The van der Waals surface area contributed by atoms with E-state index < -0.39 is 0 Å². The molecular formula is C22H24BrClN4OS. The topological polar surface area (TPSA) is 52.2 Å². The Morgan fingerprint density at radius 3 is 2.67 bits per heavy atom. The van der Waals surface area contributed by atoms with Crippen LogP contribution in [-0.2, 0) is 0 Å². The lowest BCUT2D eigenvalue weighted by Crippen LogP contribution is -2.38. The highest BCUT2D eigenvalue weighted by atomic mass is 79.9. The number of benzene rings is 2. The van der Waals surface area contributed by atoms with Crippen LogP contribution in [0.5, 0.6) is 0 Å². The van der Waals surface area contributed by atoms with Crippen LogP contribution in [0.3, 0.4) is 0 Å². The average molecular weight is 508 g/mol. The number of para-hydroxylation sites is 1. The summed E-state index contributed by atoms with van der Waals surface area (Å²) in [4.78, 5) is 25.7. The minimum Gasteiger partial charge on any atom is -0.360 e. The zero-order chi connectivity index (χ0) is 20.4. The van der Waals surface area contributed by atoms with Crippen molar-refractivity contribution in [3.05, 3.63) is 58.7 Å². The molecule has 0 atom stereocenters. The summed E-state index contributed by atoms with van der Waals surface area (Å²) in [6, 6.07) is 13.9. The standard InChI is InChI=1S/C22H23BrN4OS.ClH/c1-3-26(4-2)11-12-27(22-25-19-10-9-15(23)13-20(19)29-22)21(28)17-14-24-18-8-6-5-7-16(17)18;/h5-10,13-14,24H,3-4,11-12H2,1-2H3;1H. The van der Waals surface area contributed by atoms with Crippen LogP contribution in [-0.4, -0.2) is 47.0 Å². The molecule has 1 amide bonds. The number of fused-ring (bicyclic) bond motifs is 2. The van der Waals surface area contributed by atoms with Crippen LogP contribution in [0.1, 0.15) is 24.2 Å². The molecule has 0 aliphatic heterocycles. The summed E-state index contributed by atoms with van der Waals surface area (Å²) in [5.74, 6) is -0.0206. The van der Waals surface area contributed by atoms with Gasteiger partial charge in [-0.15, -0.1) is 12.4 Å². The number of likely N-dealkylation sites (N-methyl/N-ethyl adjacent to an activating group) is 1. The van der Waals surface area contributed by atoms with Crippen LogP contribution in [0.4, 0.5) is 5.13 Å². The average Bonchev–Trinajstić information content (AvgIpc) is 3.34. The molecule has 0 fully saturated rings. The molecule has 4 rings (SSSR count). The molecule has 2 heterocycles. The van der Waals surface area contributed by atoms with Crippen LogP contribution < -0.4 is 4.90 Å². The second-order valence-corrected chi connectivity index (χ2v) is 8.76. The second kappa shape index (κ2) is 9.92. The Balaban J connectivity index is 0.00000256. The summed E-state index contributed by atoms with van der Waals surface area (Å²) in [6.45, 7) is 7.60. The van der Waals surface area contributed by atoms with Crippen molar-refractivity contribution in [2.75, 3.05) is 31.1 Å². The van der Waals surface area contributed by atoms with Crippen molar-refractivity contribution in [1.29, 1.82) is 0 Å². The zero-order valence-corrected chi connectivity index (χ0v) is 20.1. The fraction of sp³-hybridized carbons (Fsp3) is 0.273. The number of hydrogen-bond donors (Lipinski definition) is 1. The van der Waals surface area contributed by atoms with Crippen molar-refractivity contribution in [2.24, 2.45) is 0 Å². The lowest BCUT2D eigenvalue weighted by atomic mass is 10.1. The van der Waals surface area contributed by atoms with Crippen molar-refractivity contribution >= 4 is 71.8 Å². The molecule has 158 valence electrons. The van der Waals surface area contributed by atoms with Crippen molar-refractivity contribution in [3.63, 3.8) is 0 Å². The number of thiazole rings is 1. The summed E-state index contributed by atoms with van der Waals surface area (Å²) in [6.07, 6.45) is 1.81. The van der Waals surface area contributed by atoms with Gasteiger partial charge in [-0.3, -0.25) is 9.69 Å². The van der Waals surface area contributed by atoms with E-state index in [2.05, 4.69) is 45.7 Å². The minimum atomic E-state index is -0.0206. The van der Waals surface area contributed by atoms with Gasteiger partial charge in [0, 0.05) is 34.7 Å². The third-order valence-electron chi connectivity index (χ3n) is 5.17. The van der Waals surface area contributed by atoms with E-state index in [0.717, 1.165) is 50.4 Å². The number of carbonyl (C=O) groups is 1. The number of aromatic nitrogens is 2. The Morgan fingerprint density at radius 2 is 1.90 bits per heavy atom. The van der Waals surface area contributed by atoms with Crippen LogP contribution in [0.2, 0.25) is 0 Å². The van der Waals surface area contributed by atoms with Crippen molar-refractivity contribution in [1.82, 2.24) is 14.9 Å². The summed E-state index contributed by atoms with van der Waals surface area (Å²) in [5.41, 5.74) is 2.56. The summed E-state index contributed by atoms with van der Waals surface area (Å²) < 4.78 is 2.08. The number of nitrogens with zero attached hydrogens (tertiary/aromatic N) is 3. The van der Waals surface area contributed by atoms with Gasteiger partial charge in [-0.1, -0.05) is 59.3 Å². The maximum atomic E-state index is 13.6. The molecule has 0 saturated heterocycles. The number of nitrogens with one attached hydrogen (secondary N) is 1. The highest BCUT2D eigenvalue weighted by Crippen LogP contribution is 2.32. The lowest BCUT2D eigenvalue weighted by Gasteiger charge is -2.24. The number of hydrogen-bond acceptors (Lipinski definition) is 4. The van der Waals surface area contributed by atoms with Crippen LogP contribution in [0.15, 0.2) is 53.1 Å². The van der Waals surface area contributed by atoms with E-state index in [-0.39, 0.29) is 18.3 Å². The first-order valence-corrected chi connectivity index (χ1v) is 11.4. The highest BCUT2D eigenvalue weighted by molar-refractivity contribution is 9.10. The lowest BCUT2D eigenvalue weighted by molar-refractivity contribution is 0.0985. The van der Waals surface area contributed by atoms with E-state index in [1.165, 1.54) is 0 Å². The van der Waals surface area contributed by atoms with E-state index in [9.17, 15) is 4.79 Å². The quantitative estimate of drug-likeness (QED) is 0.336. The Morgan fingerprint density at radius 1 is 1.13 bits per heavy atom. The van der Waals surface area contributed by atoms with Crippen molar-refractivity contribution < 1.29 is 4.79 Å². The number of amides is 1. The fourth-order valence-corrected chi connectivity index (χ4v) is 5.00. The van der Waals surface area contributed by atoms with Crippen LogP contribution >= 0.6 is 39.7 Å². The number of carbonyl (C=O) groups excluding carboxylic acids is 1. The number of aromatic amines is 1. The molecule has 0 unspecified atom stereocenters. The molecule has 0 bridgehead atoms. The van der Waals surface area contributed by atoms with Gasteiger partial charge in [0.2, 0.25) is 0 Å². The Labute approximate surface area is 194 Å². The van der Waals surface area contributed by atoms with E-state index in [4.69, 9.17) is 4.98 Å². The van der Waals surface area contributed by atoms with Gasteiger partial charge in [0.1, 0.15) is 0 Å². The number of H-pyrrole nitrogens is 1. The molecule has 0 spiro atoms. The molecule has 2 aromatic carbocycles. The summed E-state index contributed by atoms with van der Waals surface area (Å²) in [5, 5.41) is 1.68. The molecule has 0 aliphatic carbocycles. The monoisotopic (exact) mass is 506 g/mol. The Kier molecular flexibility index (Phi) is 7.52. The summed E-state index contributed by atoms with van der Waals surface area (Å²) in [7, 11) is 0. The van der Waals surface area contributed by atoms with Crippen LogP contribution in [0.25, 0.3) is 21.1 Å².